The molecule has 0 heterocycles. The number of hydrogen-bond acceptors (Lipinski definition) is 3. The van der Waals surface area contributed by atoms with Crippen molar-refractivity contribution in [2.75, 3.05) is 5.75 Å². The van der Waals surface area contributed by atoms with E-state index in [-0.39, 0.29) is 17.9 Å². The summed E-state index contributed by atoms with van der Waals surface area (Å²) < 4.78 is 0.957. The number of halogens is 2. The minimum atomic E-state index is -0.521. The molecule has 1 N–H and O–H groups in total. The monoisotopic (exact) mass is 522 g/mol. The number of nitrogens with one attached hydrogen (secondary N) is 1. The number of hydrogen-bond donors (Lipinski definition) is 1. The van der Waals surface area contributed by atoms with Gasteiger partial charge in [0.15, 0.2) is 0 Å². The maximum absolute atomic E-state index is 13.2. The summed E-state index contributed by atoms with van der Waals surface area (Å²) in [4.78, 5) is 28.8. The van der Waals surface area contributed by atoms with Gasteiger partial charge in [-0.2, -0.15) is 0 Å². The molecule has 1 atom stereocenters. The SMILES string of the molecule is C[C@H](C(=O)NC1CCCC1)N(Cc1cccc(Br)c1)C(=O)CCSc1ccc(Cl)cc1. The maximum atomic E-state index is 13.2. The number of nitrogens with zero attached hydrogens (tertiary/aromatic N) is 1. The molecule has 2 aromatic carbocycles. The molecule has 2 aromatic rings. The summed E-state index contributed by atoms with van der Waals surface area (Å²) in [5.41, 5.74) is 0.994. The van der Waals surface area contributed by atoms with E-state index in [9.17, 15) is 9.59 Å². The van der Waals surface area contributed by atoms with Crippen molar-refractivity contribution < 1.29 is 9.59 Å². The van der Waals surface area contributed by atoms with Crippen LogP contribution in [0.25, 0.3) is 0 Å². The van der Waals surface area contributed by atoms with Gasteiger partial charge in [-0.05, 0) is 61.7 Å². The Kier molecular flexibility index (Phi) is 9.30. The van der Waals surface area contributed by atoms with Gasteiger partial charge >= 0.3 is 0 Å². The van der Waals surface area contributed by atoms with Crippen LogP contribution in [0.3, 0.4) is 0 Å². The van der Waals surface area contributed by atoms with E-state index in [2.05, 4.69) is 21.2 Å². The summed E-state index contributed by atoms with van der Waals surface area (Å²) in [6.07, 6.45) is 4.72. The molecule has 31 heavy (non-hydrogen) atoms. The number of benzene rings is 2. The van der Waals surface area contributed by atoms with Crippen LogP contribution in [-0.2, 0) is 16.1 Å². The van der Waals surface area contributed by atoms with Crippen LogP contribution < -0.4 is 5.32 Å². The molecule has 0 radical (unpaired) electrons. The first-order chi connectivity index (χ1) is 14.9. The minimum Gasteiger partial charge on any atom is -0.352 e. The summed E-state index contributed by atoms with van der Waals surface area (Å²) in [6.45, 7) is 2.23. The van der Waals surface area contributed by atoms with Crippen LogP contribution >= 0.6 is 39.3 Å². The van der Waals surface area contributed by atoms with E-state index in [0.29, 0.717) is 23.7 Å². The second-order valence-electron chi connectivity index (χ2n) is 7.87. The lowest BCUT2D eigenvalue weighted by Crippen LogP contribution is -2.49. The van der Waals surface area contributed by atoms with E-state index in [1.54, 1.807) is 16.7 Å². The van der Waals surface area contributed by atoms with Crippen molar-refractivity contribution >= 4 is 51.1 Å². The molecule has 0 aromatic heterocycles. The van der Waals surface area contributed by atoms with Crippen molar-refractivity contribution in [2.45, 2.75) is 62.6 Å². The lowest BCUT2D eigenvalue weighted by atomic mass is 10.1. The summed E-state index contributed by atoms with van der Waals surface area (Å²) in [7, 11) is 0. The first-order valence-electron chi connectivity index (χ1n) is 10.6. The molecular formula is C24H28BrClN2O2S. The molecule has 3 rings (SSSR count). The first-order valence-corrected chi connectivity index (χ1v) is 12.8. The normalized spacial score (nSPS) is 14.9. The fraction of sp³-hybridized carbons (Fsp3) is 0.417. The minimum absolute atomic E-state index is 0.0180. The van der Waals surface area contributed by atoms with E-state index in [0.717, 1.165) is 40.6 Å². The van der Waals surface area contributed by atoms with Gasteiger partial charge in [-0.25, -0.2) is 0 Å². The van der Waals surface area contributed by atoms with Crippen molar-refractivity contribution in [1.29, 1.82) is 0 Å². The molecule has 0 spiro atoms. The molecule has 7 heteroatoms. The van der Waals surface area contributed by atoms with Crippen LogP contribution in [-0.4, -0.2) is 34.6 Å². The second kappa shape index (κ2) is 11.9. The predicted octanol–water partition coefficient (Wildman–Crippen LogP) is 6.06. The Labute approximate surface area is 202 Å². The van der Waals surface area contributed by atoms with Crippen LogP contribution in [0.4, 0.5) is 0 Å². The van der Waals surface area contributed by atoms with Gasteiger partial charge in [-0.15, -0.1) is 11.8 Å². The van der Waals surface area contributed by atoms with Crippen molar-refractivity contribution in [2.24, 2.45) is 0 Å². The molecule has 1 aliphatic rings. The van der Waals surface area contributed by atoms with E-state index in [4.69, 9.17) is 11.6 Å². The van der Waals surface area contributed by atoms with Crippen LogP contribution in [0.5, 0.6) is 0 Å². The molecule has 0 bridgehead atoms. The number of thioether (sulfide) groups is 1. The third kappa shape index (κ3) is 7.55. The highest BCUT2D eigenvalue weighted by Gasteiger charge is 2.28. The highest BCUT2D eigenvalue weighted by molar-refractivity contribution is 9.10. The summed E-state index contributed by atoms with van der Waals surface area (Å²) in [5, 5.41) is 3.84. The third-order valence-electron chi connectivity index (χ3n) is 5.51. The van der Waals surface area contributed by atoms with E-state index < -0.39 is 6.04 Å². The number of carbonyl (C=O) groups excluding carboxylic acids is 2. The van der Waals surface area contributed by atoms with Gasteiger partial charge in [0.05, 0.1) is 0 Å². The van der Waals surface area contributed by atoms with Gasteiger partial charge in [0.2, 0.25) is 11.8 Å². The smallest absolute Gasteiger partial charge is 0.242 e. The molecular weight excluding hydrogens is 496 g/mol. The molecule has 0 saturated heterocycles. The predicted molar refractivity (Wildman–Crippen MR) is 131 cm³/mol. The summed E-state index contributed by atoms with van der Waals surface area (Å²) >= 11 is 11.0. The third-order valence-corrected chi connectivity index (χ3v) is 7.27. The van der Waals surface area contributed by atoms with Crippen molar-refractivity contribution in [3.05, 3.63) is 63.6 Å². The van der Waals surface area contributed by atoms with Crippen molar-refractivity contribution in [3.8, 4) is 0 Å². The van der Waals surface area contributed by atoms with Crippen LogP contribution in [0, 0.1) is 0 Å². The first kappa shape index (κ1) is 24.1. The second-order valence-corrected chi connectivity index (χ2v) is 10.4. The molecule has 166 valence electrons. The molecule has 1 aliphatic carbocycles. The number of amides is 2. The van der Waals surface area contributed by atoms with Crippen LogP contribution in [0.2, 0.25) is 5.02 Å². The number of carbonyl (C=O) groups is 2. The number of rotatable bonds is 9. The Balaban J connectivity index is 1.65. The van der Waals surface area contributed by atoms with E-state index in [1.165, 1.54) is 0 Å². The van der Waals surface area contributed by atoms with Gasteiger partial charge in [0.25, 0.3) is 0 Å². The fourth-order valence-electron chi connectivity index (χ4n) is 3.74. The van der Waals surface area contributed by atoms with Crippen LogP contribution in [0.15, 0.2) is 57.9 Å². The Hall–Kier alpha value is -1.50. The van der Waals surface area contributed by atoms with Gasteiger partial charge in [0.1, 0.15) is 6.04 Å². The van der Waals surface area contributed by atoms with Gasteiger partial charge < -0.3 is 10.2 Å². The topological polar surface area (TPSA) is 49.4 Å². The molecule has 2 amide bonds. The van der Waals surface area contributed by atoms with E-state index in [1.807, 2.05) is 55.5 Å². The zero-order valence-corrected chi connectivity index (χ0v) is 20.8. The zero-order valence-electron chi connectivity index (χ0n) is 17.7. The maximum Gasteiger partial charge on any atom is 0.242 e. The molecule has 4 nitrogen and oxygen atoms in total. The largest absolute Gasteiger partial charge is 0.352 e. The summed E-state index contributed by atoms with van der Waals surface area (Å²) in [5.74, 6) is 0.558. The molecule has 1 fully saturated rings. The van der Waals surface area contributed by atoms with E-state index >= 15 is 0 Å². The van der Waals surface area contributed by atoms with Gasteiger partial charge in [0, 0.05) is 39.2 Å². The highest BCUT2D eigenvalue weighted by atomic mass is 79.9. The van der Waals surface area contributed by atoms with Gasteiger partial charge in [-0.1, -0.05) is 52.5 Å². The average molecular weight is 524 g/mol. The molecule has 0 aliphatic heterocycles. The van der Waals surface area contributed by atoms with Gasteiger partial charge in [-0.3, -0.25) is 9.59 Å². The highest BCUT2D eigenvalue weighted by Crippen LogP contribution is 2.23. The Bertz CT molecular complexity index is 887. The van der Waals surface area contributed by atoms with Crippen LogP contribution in [0.1, 0.15) is 44.6 Å². The average Bonchev–Trinajstić information content (AvgIpc) is 3.26. The molecule has 1 saturated carbocycles. The summed E-state index contributed by atoms with van der Waals surface area (Å²) in [6, 6.07) is 15.2. The quantitative estimate of drug-likeness (QED) is 0.406. The fourth-order valence-corrected chi connectivity index (χ4v) is 5.15. The Morgan fingerprint density at radius 3 is 2.58 bits per heavy atom. The van der Waals surface area contributed by atoms with Crippen molar-refractivity contribution in [3.63, 3.8) is 0 Å². The Morgan fingerprint density at radius 1 is 1.19 bits per heavy atom. The molecule has 0 unspecified atom stereocenters. The standard InChI is InChI=1S/C24H28BrClN2O2S/c1-17(24(30)27-21-7-2-3-8-21)28(16-18-5-4-6-19(25)15-18)23(29)13-14-31-22-11-9-20(26)10-12-22/h4-6,9-12,15,17,21H,2-3,7-8,13-14,16H2,1H3,(H,27,30)/t17-/m1/s1. The zero-order chi connectivity index (χ0) is 22.2. The lowest BCUT2D eigenvalue weighted by Gasteiger charge is -2.30. The lowest BCUT2D eigenvalue weighted by molar-refractivity contribution is -0.140. The van der Waals surface area contributed by atoms with Crippen molar-refractivity contribution in [1.82, 2.24) is 10.2 Å². The Morgan fingerprint density at radius 2 is 1.90 bits per heavy atom.